The second kappa shape index (κ2) is 4.16. The fourth-order valence-electron chi connectivity index (χ4n) is 2.16. The van der Waals surface area contributed by atoms with Gasteiger partial charge in [0, 0.05) is 12.6 Å². The summed E-state index contributed by atoms with van der Waals surface area (Å²) in [6.07, 6.45) is -2.63. The van der Waals surface area contributed by atoms with E-state index >= 15 is 0 Å². The van der Waals surface area contributed by atoms with E-state index < -0.39 is 42.6 Å². The number of carbonyl (C=O) groups excluding carboxylic acids is 1. The Morgan fingerprint density at radius 2 is 2.33 bits per heavy atom. The molecular formula is C10H13FN2O5. The third-order valence-corrected chi connectivity index (χ3v) is 3.22. The molecule has 3 aliphatic heterocycles. The van der Waals surface area contributed by atoms with Crippen LogP contribution in [0.5, 0.6) is 0 Å². The van der Waals surface area contributed by atoms with Crippen LogP contribution in [-0.2, 0) is 9.47 Å². The second-order valence-corrected chi connectivity index (χ2v) is 4.46. The Bertz CT molecular complexity index is 404. The van der Waals surface area contributed by atoms with Gasteiger partial charge in [0.2, 0.25) is 0 Å². The molecule has 0 aliphatic carbocycles. The first-order valence-electron chi connectivity index (χ1n) is 5.66. The molecule has 0 aromatic heterocycles. The highest BCUT2D eigenvalue weighted by atomic mass is 19.1. The molecule has 0 radical (unpaired) electrons. The predicted molar refractivity (Wildman–Crippen MR) is 54.6 cm³/mol. The Balaban J connectivity index is 1.77. The monoisotopic (exact) mass is 260 g/mol. The number of aliphatic hydroxyl groups excluding tert-OH is 2. The number of nitrogens with one attached hydrogen (secondary N) is 1. The fraction of sp³-hybridized carbons (Fsp3) is 0.700. The highest BCUT2D eigenvalue weighted by Gasteiger charge is 2.49. The molecule has 3 heterocycles. The smallest absolute Gasteiger partial charge is 0.325 e. The number of epoxide rings is 1. The number of ether oxygens (including phenoxy) is 2. The molecule has 3 aliphatic rings. The van der Waals surface area contributed by atoms with Gasteiger partial charge in [-0.15, -0.1) is 0 Å². The van der Waals surface area contributed by atoms with Gasteiger partial charge in [-0.1, -0.05) is 0 Å². The van der Waals surface area contributed by atoms with Gasteiger partial charge in [-0.05, 0) is 0 Å². The Hall–Kier alpha value is -1.22. The number of aliphatic hydroxyl groups is 2. The van der Waals surface area contributed by atoms with E-state index in [1.165, 1.54) is 0 Å². The third-order valence-electron chi connectivity index (χ3n) is 3.22. The van der Waals surface area contributed by atoms with Gasteiger partial charge in [0.1, 0.15) is 18.2 Å². The summed E-state index contributed by atoms with van der Waals surface area (Å²) in [5.74, 6) is -0.566. The molecule has 3 N–H and O–H groups in total. The number of fused-ring (bicyclic) bond motifs is 1. The Morgan fingerprint density at radius 3 is 3.00 bits per heavy atom. The summed E-state index contributed by atoms with van der Waals surface area (Å²) < 4.78 is 23.7. The number of rotatable bonds is 2. The number of halogens is 1. The number of urea groups is 1. The van der Waals surface area contributed by atoms with Crippen LogP contribution in [0.15, 0.2) is 12.0 Å². The van der Waals surface area contributed by atoms with Gasteiger partial charge in [0.05, 0.1) is 12.7 Å². The van der Waals surface area contributed by atoms with E-state index in [2.05, 4.69) is 5.32 Å². The minimum atomic E-state index is -0.877. The van der Waals surface area contributed by atoms with E-state index in [0.29, 0.717) is 0 Å². The molecule has 4 unspecified atom stereocenters. The van der Waals surface area contributed by atoms with Crippen molar-refractivity contribution in [3.8, 4) is 0 Å². The van der Waals surface area contributed by atoms with Crippen molar-refractivity contribution < 1.29 is 28.9 Å². The SMILES string of the molecule is O=C1NC2OC2C(F)=CN1[C@@H]1CC(O)C(CO)O1. The third kappa shape index (κ3) is 1.87. The Kier molecular flexibility index (Phi) is 2.74. The molecule has 0 aromatic carbocycles. The van der Waals surface area contributed by atoms with E-state index in [1.807, 2.05) is 0 Å². The molecule has 0 aromatic rings. The number of nitrogens with zero attached hydrogens (tertiary/aromatic N) is 1. The minimum absolute atomic E-state index is 0.124. The van der Waals surface area contributed by atoms with Gasteiger partial charge >= 0.3 is 6.03 Å². The van der Waals surface area contributed by atoms with Gasteiger partial charge in [-0.25, -0.2) is 9.18 Å². The van der Waals surface area contributed by atoms with E-state index in [4.69, 9.17) is 14.6 Å². The van der Waals surface area contributed by atoms with Crippen molar-refractivity contribution in [3.63, 3.8) is 0 Å². The summed E-state index contributed by atoms with van der Waals surface area (Å²) in [5, 5.41) is 21.0. The summed E-state index contributed by atoms with van der Waals surface area (Å²) in [6.45, 7) is -0.353. The number of carbonyl (C=O) groups is 1. The lowest BCUT2D eigenvalue weighted by Gasteiger charge is -2.24. The van der Waals surface area contributed by atoms with Crippen molar-refractivity contribution >= 4 is 6.03 Å². The lowest BCUT2D eigenvalue weighted by molar-refractivity contribution is -0.0539. The first kappa shape index (κ1) is 11.8. The molecule has 0 saturated carbocycles. The maximum Gasteiger partial charge on any atom is 0.325 e. The van der Waals surface area contributed by atoms with E-state index in [9.17, 15) is 14.3 Å². The molecule has 2 fully saturated rings. The van der Waals surface area contributed by atoms with E-state index in [-0.39, 0.29) is 13.0 Å². The zero-order chi connectivity index (χ0) is 12.9. The van der Waals surface area contributed by atoms with Gasteiger partial charge in [0.25, 0.3) is 0 Å². The normalized spacial score (nSPS) is 43.1. The number of hydrogen-bond donors (Lipinski definition) is 3. The first-order chi connectivity index (χ1) is 8.60. The Labute approximate surface area is 102 Å². The minimum Gasteiger partial charge on any atom is -0.394 e. The number of hydrogen-bond acceptors (Lipinski definition) is 5. The standard InChI is InChI=1S/C10H13FN2O5/c11-4-2-13(10(16)12-9-8(4)18-9)7-1-5(15)6(3-14)17-7/h2,5-9,14-15H,1,3H2,(H,12,16)/t5?,6?,7-,8?,9?/m0/s1. The largest absolute Gasteiger partial charge is 0.394 e. The maximum absolute atomic E-state index is 13.6. The predicted octanol–water partition coefficient (Wildman–Crippen LogP) is -0.984. The highest BCUT2D eigenvalue weighted by molar-refractivity contribution is 5.77. The number of amides is 2. The van der Waals surface area contributed by atoms with Gasteiger partial charge in [0.15, 0.2) is 12.3 Å². The lowest BCUT2D eigenvalue weighted by atomic mass is 10.2. The molecule has 8 heteroatoms. The molecular weight excluding hydrogens is 247 g/mol. The summed E-state index contributed by atoms with van der Waals surface area (Å²) in [5.41, 5.74) is 0. The van der Waals surface area contributed by atoms with Crippen LogP contribution in [0.4, 0.5) is 9.18 Å². The summed E-state index contributed by atoms with van der Waals surface area (Å²) >= 11 is 0. The molecule has 5 atom stereocenters. The quantitative estimate of drug-likeness (QED) is 0.554. The van der Waals surface area contributed by atoms with Crippen LogP contribution in [0.3, 0.4) is 0 Å². The van der Waals surface area contributed by atoms with Crippen molar-refractivity contribution in [2.75, 3.05) is 6.61 Å². The van der Waals surface area contributed by atoms with Crippen LogP contribution >= 0.6 is 0 Å². The van der Waals surface area contributed by atoms with Crippen LogP contribution < -0.4 is 5.32 Å². The summed E-state index contributed by atoms with van der Waals surface area (Å²) in [7, 11) is 0. The zero-order valence-corrected chi connectivity index (χ0v) is 9.32. The van der Waals surface area contributed by atoms with Crippen LogP contribution in [0.2, 0.25) is 0 Å². The van der Waals surface area contributed by atoms with Crippen molar-refractivity contribution in [2.24, 2.45) is 0 Å². The van der Waals surface area contributed by atoms with Gasteiger partial charge in [-0.3, -0.25) is 4.90 Å². The topological polar surface area (TPSA) is 94.6 Å². The summed E-state index contributed by atoms with van der Waals surface area (Å²) in [4.78, 5) is 12.8. The van der Waals surface area contributed by atoms with Crippen LogP contribution in [-0.4, -0.2) is 58.5 Å². The van der Waals surface area contributed by atoms with E-state index in [0.717, 1.165) is 11.1 Å². The van der Waals surface area contributed by atoms with Crippen molar-refractivity contribution in [3.05, 3.63) is 12.0 Å². The van der Waals surface area contributed by atoms with Crippen molar-refractivity contribution in [1.82, 2.24) is 10.2 Å². The molecule has 3 rings (SSSR count). The molecule has 2 saturated heterocycles. The van der Waals surface area contributed by atoms with Crippen LogP contribution in [0.25, 0.3) is 0 Å². The van der Waals surface area contributed by atoms with Gasteiger partial charge in [-0.2, -0.15) is 0 Å². The van der Waals surface area contributed by atoms with Crippen molar-refractivity contribution in [1.29, 1.82) is 0 Å². The molecule has 100 valence electrons. The molecule has 0 spiro atoms. The average molecular weight is 260 g/mol. The van der Waals surface area contributed by atoms with Crippen LogP contribution in [0, 0.1) is 0 Å². The van der Waals surface area contributed by atoms with E-state index in [1.54, 1.807) is 0 Å². The second-order valence-electron chi connectivity index (χ2n) is 4.46. The van der Waals surface area contributed by atoms with Crippen molar-refractivity contribution in [2.45, 2.75) is 37.2 Å². The zero-order valence-electron chi connectivity index (χ0n) is 9.32. The molecule has 18 heavy (non-hydrogen) atoms. The molecule has 2 amide bonds. The highest BCUT2D eigenvalue weighted by Crippen LogP contribution is 2.33. The van der Waals surface area contributed by atoms with Crippen LogP contribution in [0.1, 0.15) is 6.42 Å². The maximum atomic E-state index is 13.6. The molecule has 7 nitrogen and oxygen atoms in total. The lowest BCUT2D eigenvalue weighted by Crippen LogP contribution is -2.43. The fourth-order valence-corrected chi connectivity index (χ4v) is 2.16. The Morgan fingerprint density at radius 1 is 1.56 bits per heavy atom. The first-order valence-corrected chi connectivity index (χ1v) is 5.66. The summed E-state index contributed by atoms with van der Waals surface area (Å²) in [6, 6.07) is -0.550. The van der Waals surface area contributed by atoms with Gasteiger partial charge < -0.3 is 25.0 Å². The molecule has 0 bridgehead atoms. The average Bonchev–Trinajstić information content (AvgIpc) is 3.01.